The fraction of sp³-hybridized carbons (Fsp3) is 0.174. The predicted octanol–water partition coefficient (Wildman–Crippen LogP) is 3.46. The number of fused-ring (bicyclic) bond motifs is 1. The number of morpholine rings is 1. The smallest absolute Gasteiger partial charge is 0.243 e. The molecule has 0 radical (unpaired) electrons. The molecule has 1 aliphatic heterocycles. The Balaban J connectivity index is 1.46. The number of pyridine rings is 1. The Labute approximate surface area is 185 Å². The third-order valence-corrected chi connectivity index (χ3v) is 7.31. The highest BCUT2D eigenvalue weighted by molar-refractivity contribution is 7.89. The molecule has 0 atom stereocenters. The van der Waals surface area contributed by atoms with E-state index in [1.807, 2.05) is 42.5 Å². The lowest BCUT2D eigenvalue weighted by Crippen LogP contribution is -2.40. The lowest BCUT2D eigenvalue weighted by molar-refractivity contribution is 0.0730. The quantitative estimate of drug-likeness (QED) is 0.500. The van der Waals surface area contributed by atoms with Gasteiger partial charge in [-0.2, -0.15) is 14.5 Å². The summed E-state index contributed by atoms with van der Waals surface area (Å²) in [5.41, 5.74) is 4.48. The topological polar surface area (TPSA) is 97.3 Å². The van der Waals surface area contributed by atoms with E-state index in [4.69, 9.17) is 4.74 Å². The zero-order valence-corrected chi connectivity index (χ0v) is 18.0. The molecule has 162 valence electrons. The van der Waals surface area contributed by atoms with Crippen molar-refractivity contribution in [1.82, 2.24) is 19.5 Å². The van der Waals surface area contributed by atoms with E-state index in [-0.39, 0.29) is 4.90 Å². The molecule has 0 bridgehead atoms. The van der Waals surface area contributed by atoms with Crippen molar-refractivity contribution in [2.75, 3.05) is 31.6 Å². The fourth-order valence-corrected chi connectivity index (χ4v) is 5.12. The van der Waals surface area contributed by atoms with Gasteiger partial charge in [0, 0.05) is 30.4 Å². The molecular formula is C23H21N5O3S. The third kappa shape index (κ3) is 4.05. The van der Waals surface area contributed by atoms with E-state index in [0.717, 1.165) is 33.4 Å². The second kappa shape index (κ2) is 8.62. The van der Waals surface area contributed by atoms with Crippen LogP contribution in [0.4, 0.5) is 11.4 Å². The summed E-state index contributed by atoms with van der Waals surface area (Å²) in [5, 5.41) is 12.0. The molecule has 1 N–H and O–H groups in total. The van der Waals surface area contributed by atoms with Gasteiger partial charge in [0.1, 0.15) is 0 Å². The molecule has 0 saturated carbocycles. The molecule has 3 heterocycles. The Morgan fingerprint density at radius 3 is 2.41 bits per heavy atom. The zero-order valence-electron chi connectivity index (χ0n) is 17.2. The fourth-order valence-electron chi connectivity index (χ4n) is 3.71. The molecule has 0 aliphatic carbocycles. The molecule has 1 fully saturated rings. The molecule has 2 aromatic heterocycles. The van der Waals surface area contributed by atoms with Crippen molar-refractivity contribution in [3.63, 3.8) is 0 Å². The van der Waals surface area contributed by atoms with Gasteiger partial charge < -0.3 is 10.1 Å². The Hall–Kier alpha value is -3.40. The summed E-state index contributed by atoms with van der Waals surface area (Å²) in [6.07, 6.45) is 5.04. The van der Waals surface area contributed by atoms with Crippen LogP contribution >= 0.6 is 0 Å². The maximum absolute atomic E-state index is 12.9. The van der Waals surface area contributed by atoms with Crippen LogP contribution in [0.15, 0.2) is 78.1 Å². The molecule has 1 aliphatic rings. The van der Waals surface area contributed by atoms with Gasteiger partial charge >= 0.3 is 0 Å². The van der Waals surface area contributed by atoms with Crippen molar-refractivity contribution >= 4 is 32.3 Å². The van der Waals surface area contributed by atoms with Crippen molar-refractivity contribution < 1.29 is 13.2 Å². The van der Waals surface area contributed by atoms with Crippen molar-refractivity contribution in [3.8, 4) is 11.1 Å². The highest BCUT2D eigenvalue weighted by Gasteiger charge is 2.26. The van der Waals surface area contributed by atoms with Crippen molar-refractivity contribution in [2.45, 2.75) is 4.90 Å². The Morgan fingerprint density at radius 2 is 1.66 bits per heavy atom. The van der Waals surface area contributed by atoms with Crippen LogP contribution in [-0.2, 0) is 14.8 Å². The number of benzene rings is 2. The molecular weight excluding hydrogens is 426 g/mol. The highest BCUT2D eigenvalue weighted by atomic mass is 32.2. The van der Waals surface area contributed by atoms with Crippen LogP contribution in [-0.4, -0.2) is 54.2 Å². The van der Waals surface area contributed by atoms with Crippen LogP contribution in [0.2, 0.25) is 0 Å². The Bertz CT molecular complexity index is 1340. The number of rotatable bonds is 5. The molecule has 0 spiro atoms. The number of ether oxygens (including phenoxy) is 1. The summed E-state index contributed by atoms with van der Waals surface area (Å²) in [6, 6.07) is 16.7. The van der Waals surface area contributed by atoms with Gasteiger partial charge in [-0.25, -0.2) is 8.42 Å². The number of hydrogen-bond acceptors (Lipinski definition) is 7. The minimum absolute atomic E-state index is 0.290. The molecule has 5 rings (SSSR count). The summed E-state index contributed by atoms with van der Waals surface area (Å²) in [5.74, 6) is 0. The third-order valence-electron chi connectivity index (χ3n) is 5.40. The average molecular weight is 448 g/mol. The van der Waals surface area contributed by atoms with Gasteiger partial charge in [0.25, 0.3) is 0 Å². The van der Waals surface area contributed by atoms with E-state index in [1.165, 1.54) is 4.31 Å². The van der Waals surface area contributed by atoms with E-state index in [1.54, 1.807) is 30.7 Å². The molecule has 32 heavy (non-hydrogen) atoms. The molecule has 4 aromatic rings. The number of hydrogen-bond donors (Lipinski definition) is 1. The first-order valence-corrected chi connectivity index (χ1v) is 11.7. The van der Waals surface area contributed by atoms with Crippen LogP contribution in [0.1, 0.15) is 0 Å². The van der Waals surface area contributed by atoms with Gasteiger partial charge in [-0.15, -0.1) is 0 Å². The molecule has 1 saturated heterocycles. The largest absolute Gasteiger partial charge is 0.379 e. The van der Waals surface area contributed by atoms with E-state index >= 15 is 0 Å². The second-order valence-corrected chi connectivity index (χ2v) is 9.33. The zero-order chi connectivity index (χ0) is 22.0. The lowest BCUT2D eigenvalue weighted by Gasteiger charge is -2.26. The number of sulfonamides is 1. The minimum Gasteiger partial charge on any atom is -0.379 e. The van der Waals surface area contributed by atoms with Crippen molar-refractivity contribution in [2.24, 2.45) is 0 Å². The van der Waals surface area contributed by atoms with E-state index in [2.05, 4.69) is 20.5 Å². The summed E-state index contributed by atoms with van der Waals surface area (Å²) < 4.78 is 32.5. The second-order valence-electron chi connectivity index (χ2n) is 7.39. The van der Waals surface area contributed by atoms with Gasteiger partial charge in [0.2, 0.25) is 10.0 Å². The van der Waals surface area contributed by atoms with Crippen molar-refractivity contribution in [3.05, 3.63) is 73.2 Å². The first-order chi connectivity index (χ1) is 15.6. The number of nitrogens with one attached hydrogen (secondary N) is 1. The monoisotopic (exact) mass is 447 g/mol. The Morgan fingerprint density at radius 1 is 0.875 bits per heavy atom. The summed E-state index contributed by atoms with van der Waals surface area (Å²) in [6.45, 7) is 1.61. The number of aromatic nitrogens is 3. The van der Waals surface area contributed by atoms with E-state index in [0.29, 0.717) is 26.3 Å². The van der Waals surface area contributed by atoms with Gasteiger partial charge in [-0.1, -0.05) is 18.2 Å². The van der Waals surface area contributed by atoms with E-state index in [9.17, 15) is 8.42 Å². The number of nitrogens with zero attached hydrogens (tertiary/aromatic N) is 4. The van der Waals surface area contributed by atoms with E-state index < -0.39 is 10.0 Å². The normalized spacial score (nSPS) is 15.0. The van der Waals surface area contributed by atoms with Gasteiger partial charge in [0.05, 0.1) is 41.7 Å². The maximum Gasteiger partial charge on any atom is 0.243 e. The maximum atomic E-state index is 12.9. The highest BCUT2D eigenvalue weighted by Crippen LogP contribution is 2.30. The van der Waals surface area contributed by atoms with Gasteiger partial charge in [-0.05, 0) is 47.5 Å². The van der Waals surface area contributed by atoms with Gasteiger partial charge in [0.15, 0.2) is 0 Å². The van der Waals surface area contributed by atoms with Crippen LogP contribution in [0, 0.1) is 0 Å². The van der Waals surface area contributed by atoms with Crippen molar-refractivity contribution in [1.29, 1.82) is 0 Å². The Kier molecular flexibility index (Phi) is 5.52. The van der Waals surface area contributed by atoms with Crippen LogP contribution in [0.25, 0.3) is 22.0 Å². The van der Waals surface area contributed by atoms with Crippen LogP contribution in [0.5, 0.6) is 0 Å². The predicted molar refractivity (Wildman–Crippen MR) is 122 cm³/mol. The lowest BCUT2D eigenvalue weighted by atomic mass is 10.0. The minimum atomic E-state index is -3.51. The number of anilines is 2. The molecule has 8 nitrogen and oxygen atoms in total. The molecule has 9 heteroatoms. The van der Waals surface area contributed by atoms with Crippen LogP contribution < -0.4 is 5.32 Å². The molecule has 0 amide bonds. The summed E-state index contributed by atoms with van der Waals surface area (Å²) in [4.78, 5) is 4.74. The molecule has 0 unspecified atom stereocenters. The first-order valence-electron chi connectivity index (χ1n) is 10.2. The standard InChI is InChI=1S/C23H21N5O3S/c29-32(30,28-11-13-31-14-12-28)20-4-1-17(2-5-20)18-3-6-22-21(15-18)23(8-9-24-22)27-19-7-10-25-26-16-19/h1-10,15-16H,11-14H2,(H,24,25,27). The summed E-state index contributed by atoms with van der Waals surface area (Å²) >= 11 is 0. The molecule has 2 aromatic carbocycles. The summed E-state index contributed by atoms with van der Waals surface area (Å²) in [7, 11) is -3.51. The first kappa shape index (κ1) is 20.5. The van der Waals surface area contributed by atoms with Gasteiger partial charge in [-0.3, -0.25) is 4.98 Å². The average Bonchev–Trinajstić information content (AvgIpc) is 2.85. The SMILES string of the molecule is O=S(=O)(c1ccc(-c2ccc3nccc(Nc4ccnnc4)c3c2)cc1)N1CCOCC1. The van der Waals surface area contributed by atoms with Crippen LogP contribution in [0.3, 0.4) is 0 Å².